The van der Waals surface area contributed by atoms with Gasteiger partial charge in [0.05, 0.1) is 23.5 Å². The van der Waals surface area contributed by atoms with Gasteiger partial charge in [-0.1, -0.05) is 31.0 Å². The summed E-state index contributed by atoms with van der Waals surface area (Å²) in [6.07, 6.45) is 8.13. The number of amides is 1. The van der Waals surface area contributed by atoms with Crippen LogP contribution in [-0.4, -0.2) is 16.1 Å². The van der Waals surface area contributed by atoms with Crippen LogP contribution in [0.3, 0.4) is 0 Å². The third-order valence-corrected chi connectivity index (χ3v) is 5.30. The van der Waals surface area contributed by atoms with E-state index in [4.69, 9.17) is 0 Å². The summed E-state index contributed by atoms with van der Waals surface area (Å²) in [5.41, 5.74) is 2.12. The zero-order chi connectivity index (χ0) is 16.5. The van der Waals surface area contributed by atoms with E-state index in [1.54, 1.807) is 18.3 Å². The number of aromatic amines is 1. The van der Waals surface area contributed by atoms with Gasteiger partial charge < -0.3 is 5.32 Å². The number of hydrogen-bond donors (Lipinski definition) is 2. The summed E-state index contributed by atoms with van der Waals surface area (Å²) in [7, 11) is 0. The smallest absolute Gasteiger partial charge is 0.255 e. The molecule has 0 saturated heterocycles. The van der Waals surface area contributed by atoms with Crippen molar-refractivity contribution < 1.29 is 9.18 Å². The van der Waals surface area contributed by atoms with Crippen molar-refractivity contribution in [1.29, 1.82) is 0 Å². The van der Waals surface area contributed by atoms with Crippen LogP contribution >= 0.6 is 0 Å². The summed E-state index contributed by atoms with van der Waals surface area (Å²) in [6.45, 7) is 0. The number of carbonyl (C=O) groups excluding carboxylic acids is 1. The fourth-order valence-electron chi connectivity index (χ4n) is 3.85. The molecule has 1 aromatic heterocycles. The number of H-pyrrole nitrogens is 1. The number of carbonyl (C=O) groups is 1. The van der Waals surface area contributed by atoms with Gasteiger partial charge in [-0.15, -0.1) is 0 Å². The average Bonchev–Trinajstić information content (AvgIpc) is 3.10. The number of aromatic nitrogens is 2. The monoisotopic (exact) mass is 327 g/mol. The Morgan fingerprint density at radius 2 is 1.96 bits per heavy atom. The number of halogens is 1. The molecular weight excluding hydrogens is 305 g/mol. The topological polar surface area (TPSA) is 57.8 Å². The second kappa shape index (κ2) is 6.38. The van der Waals surface area contributed by atoms with Gasteiger partial charge in [-0.05, 0) is 37.7 Å². The lowest BCUT2D eigenvalue weighted by atomic mass is 9.91. The van der Waals surface area contributed by atoms with Gasteiger partial charge in [-0.2, -0.15) is 5.10 Å². The SMILES string of the molecule is O=C(NC(c1ccccc1F)C1CCCC1)c1cn[nH]c1C1CC1. The summed E-state index contributed by atoms with van der Waals surface area (Å²) < 4.78 is 14.3. The Kier molecular flexibility index (Phi) is 4.08. The molecule has 2 aliphatic rings. The Bertz CT molecular complexity index is 732. The second-order valence-corrected chi connectivity index (χ2v) is 6.99. The van der Waals surface area contributed by atoms with Gasteiger partial charge in [0.1, 0.15) is 5.82 Å². The maximum Gasteiger partial charge on any atom is 0.255 e. The number of rotatable bonds is 5. The quantitative estimate of drug-likeness (QED) is 0.869. The fourth-order valence-corrected chi connectivity index (χ4v) is 3.85. The Balaban J connectivity index is 1.60. The predicted molar refractivity (Wildman–Crippen MR) is 89.1 cm³/mol. The van der Waals surface area contributed by atoms with Crippen LogP contribution < -0.4 is 5.32 Å². The second-order valence-electron chi connectivity index (χ2n) is 6.99. The van der Waals surface area contributed by atoms with Crippen LogP contribution in [0.4, 0.5) is 4.39 Å². The van der Waals surface area contributed by atoms with E-state index in [0.29, 0.717) is 23.0 Å². The van der Waals surface area contributed by atoms with E-state index in [1.165, 1.54) is 6.07 Å². The molecule has 0 spiro atoms. The van der Waals surface area contributed by atoms with Crippen LogP contribution in [-0.2, 0) is 0 Å². The van der Waals surface area contributed by atoms with Crippen molar-refractivity contribution in [1.82, 2.24) is 15.5 Å². The lowest BCUT2D eigenvalue weighted by Crippen LogP contribution is -2.33. The van der Waals surface area contributed by atoms with Crippen LogP contribution in [0, 0.1) is 11.7 Å². The third-order valence-electron chi connectivity index (χ3n) is 5.30. The fraction of sp³-hybridized carbons (Fsp3) is 0.474. The molecule has 24 heavy (non-hydrogen) atoms. The molecule has 1 unspecified atom stereocenters. The minimum absolute atomic E-state index is 0.147. The molecule has 1 atom stereocenters. The van der Waals surface area contributed by atoms with Gasteiger partial charge in [0.2, 0.25) is 0 Å². The van der Waals surface area contributed by atoms with Crippen molar-refractivity contribution in [3.63, 3.8) is 0 Å². The van der Waals surface area contributed by atoms with Crippen LogP contribution in [0.1, 0.15) is 72.1 Å². The molecule has 0 bridgehead atoms. The highest BCUT2D eigenvalue weighted by Gasteiger charge is 2.33. The van der Waals surface area contributed by atoms with Crippen molar-refractivity contribution >= 4 is 5.91 Å². The molecule has 4 rings (SSSR count). The zero-order valence-corrected chi connectivity index (χ0v) is 13.6. The number of nitrogens with zero attached hydrogens (tertiary/aromatic N) is 1. The van der Waals surface area contributed by atoms with Gasteiger partial charge in [0.25, 0.3) is 5.91 Å². The molecule has 2 saturated carbocycles. The van der Waals surface area contributed by atoms with Crippen LogP contribution in [0.5, 0.6) is 0 Å². The van der Waals surface area contributed by atoms with Gasteiger partial charge in [-0.3, -0.25) is 9.89 Å². The van der Waals surface area contributed by atoms with Gasteiger partial charge in [-0.25, -0.2) is 4.39 Å². The Hall–Kier alpha value is -2.17. The van der Waals surface area contributed by atoms with E-state index in [0.717, 1.165) is 44.2 Å². The van der Waals surface area contributed by atoms with E-state index < -0.39 is 0 Å². The predicted octanol–water partition coefficient (Wildman–Crippen LogP) is 4.09. The largest absolute Gasteiger partial charge is 0.345 e. The standard InChI is InChI=1S/C19H22FN3O/c20-16-8-4-3-7-14(16)17(12-5-1-2-6-12)22-19(24)15-11-21-23-18(15)13-9-10-13/h3-4,7-8,11-13,17H,1-2,5-6,9-10H2,(H,21,23)(H,22,24). The maximum absolute atomic E-state index is 14.3. The molecule has 0 radical (unpaired) electrons. The van der Waals surface area contributed by atoms with Gasteiger partial charge in [0, 0.05) is 11.5 Å². The zero-order valence-electron chi connectivity index (χ0n) is 13.6. The molecule has 2 aliphatic carbocycles. The van der Waals surface area contributed by atoms with Crippen molar-refractivity contribution in [3.05, 3.63) is 53.1 Å². The molecule has 1 heterocycles. The summed E-state index contributed by atoms with van der Waals surface area (Å²) in [5, 5.41) is 10.1. The van der Waals surface area contributed by atoms with E-state index >= 15 is 0 Å². The van der Waals surface area contributed by atoms with E-state index in [-0.39, 0.29) is 17.8 Å². The van der Waals surface area contributed by atoms with Crippen molar-refractivity contribution in [2.45, 2.75) is 50.5 Å². The van der Waals surface area contributed by atoms with Crippen LogP contribution in [0.15, 0.2) is 30.5 Å². The molecule has 5 heteroatoms. The molecule has 1 aromatic carbocycles. The minimum Gasteiger partial charge on any atom is -0.345 e. The summed E-state index contributed by atoms with van der Waals surface area (Å²) in [6, 6.07) is 6.50. The molecular formula is C19H22FN3O. The van der Waals surface area contributed by atoms with E-state index in [2.05, 4.69) is 15.5 Å². The number of benzene rings is 1. The van der Waals surface area contributed by atoms with Crippen LogP contribution in [0.2, 0.25) is 0 Å². The first-order valence-corrected chi connectivity index (χ1v) is 8.82. The first-order valence-electron chi connectivity index (χ1n) is 8.82. The molecule has 126 valence electrons. The van der Waals surface area contributed by atoms with Crippen molar-refractivity contribution in [2.24, 2.45) is 5.92 Å². The lowest BCUT2D eigenvalue weighted by molar-refractivity contribution is 0.0920. The highest BCUT2D eigenvalue weighted by molar-refractivity contribution is 5.95. The third kappa shape index (κ3) is 2.95. The van der Waals surface area contributed by atoms with Gasteiger partial charge in [0.15, 0.2) is 0 Å². The average molecular weight is 327 g/mol. The maximum atomic E-state index is 14.3. The summed E-state index contributed by atoms with van der Waals surface area (Å²) >= 11 is 0. The Labute approximate surface area is 140 Å². The first kappa shape index (κ1) is 15.4. The molecule has 0 aliphatic heterocycles. The molecule has 1 amide bonds. The summed E-state index contributed by atoms with van der Waals surface area (Å²) in [5.74, 6) is 0.323. The molecule has 2 N–H and O–H groups in total. The lowest BCUT2D eigenvalue weighted by Gasteiger charge is -2.25. The summed E-state index contributed by atoms with van der Waals surface area (Å²) in [4.78, 5) is 12.8. The number of hydrogen-bond acceptors (Lipinski definition) is 2. The minimum atomic E-state index is -0.275. The van der Waals surface area contributed by atoms with Gasteiger partial charge >= 0.3 is 0 Å². The molecule has 2 aromatic rings. The highest BCUT2D eigenvalue weighted by Crippen LogP contribution is 2.41. The van der Waals surface area contributed by atoms with E-state index in [1.807, 2.05) is 6.07 Å². The van der Waals surface area contributed by atoms with E-state index in [9.17, 15) is 9.18 Å². The molecule has 4 nitrogen and oxygen atoms in total. The molecule has 2 fully saturated rings. The van der Waals surface area contributed by atoms with Crippen LogP contribution in [0.25, 0.3) is 0 Å². The normalized spacial score (nSPS) is 19.4. The first-order chi connectivity index (χ1) is 11.7. The Morgan fingerprint density at radius 1 is 1.21 bits per heavy atom. The highest BCUT2D eigenvalue weighted by atomic mass is 19.1. The van der Waals surface area contributed by atoms with Crippen molar-refractivity contribution in [2.75, 3.05) is 0 Å². The number of nitrogens with one attached hydrogen (secondary N) is 2. The Morgan fingerprint density at radius 3 is 2.67 bits per heavy atom. The van der Waals surface area contributed by atoms with Crippen molar-refractivity contribution in [3.8, 4) is 0 Å².